The van der Waals surface area contributed by atoms with Crippen LogP contribution in [0.4, 0.5) is 5.13 Å². The number of hydrogen-bond donors (Lipinski definition) is 1. The smallest absolute Gasteiger partial charge is 0.241 e. The Hall–Kier alpha value is -2.45. The maximum Gasteiger partial charge on any atom is 0.241 e. The monoisotopic (exact) mass is 390 g/mol. The standard InChI is InChI=1S/C18H18N2O4S2/c1-2-24-14-9-6-10-15-17(14)20-18(25-15)19-16(21)12-26(22,23)11-13-7-4-3-5-8-13/h3-10H,2,11-12H2,1H3,(H,19,20,21). The van der Waals surface area contributed by atoms with E-state index in [4.69, 9.17) is 4.74 Å². The van der Waals surface area contributed by atoms with E-state index in [9.17, 15) is 13.2 Å². The number of ether oxygens (including phenoxy) is 1. The number of anilines is 1. The lowest BCUT2D eigenvalue weighted by Crippen LogP contribution is -2.23. The molecule has 8 heteroatoms. The van der Waals surface area contributed by atoms with Crippen LogP contribution >= 0.6 is 11.3 Å². The summed E-state index contributed by atoms with van der Waals surface area (Å²) in [6.07, 6.45) is 0. The molecule has 0 aliphatic carbocycles. The van der Waals surface area contributed by atoms with E-state index in [1.807, 2.05) is 31.2 Å². The maximum absolute atomic E-state index is 12.2. The Balaban J connectivity index is 1.70. The van der Waals surface area contributed by atoms with Crippen LogP contribution in [-0.2, 0) is 20.4 Å². The fourth-order valence-corrected chi connectivity index (χ4v) is 4.66. The summed E-state index contributed by atoms with van der Waals surface area (Å²) >= 11 is 1.28. The summed E-state index contributed by atoms with van der Waals surface area (Å²) in [7, 11) is -3.56. The minimum absolute atomic E-state index is 0.171. The molecular formula is C18H18N2O4S2. The van der Waals surface area contributed by atoms with E-state index < -0.39 is 21.5 Å². The van der Waals surface area contributed by atoms with Gasteiger partial charge < -0.3 is 10.1 Å². The Kier molecular flexibility index (Phi) is 5.53. The van der Waals surface area contributed by atoms with Crippen LogP contribution in [0.5, 0.6) is 5.75 Å². The van der Waals surface area contributed by atoms with Crippen molar-refractivity contribution in [3.63, 3.8) is 0 Å². The van der Waals surface area contributed by atoms with Crippen LogP contribution in [0.2, 0.25) is 0 Å². The van der Waals surface area contributed by atoms with Gasteiger partial charge in [-0.3, -0.25) is 4.79 Å². The first-order valence-corrected chi connectivity index (χ1v) is 10.7. The number of para-hydroxylation sites is 1. The highest BCUT2D eigenvalue weighted by Crippen LogP contribution is 2.32. The van der Waals surface area contributed by atoms with Crippen LogP contribution in [0.3, 0.4) is 0 Å². The van der Waals surface area contributed by atoms with E-state index in [0.717, 1.165) is 4.70 Å². The summed E-state index contributed by atoms with van der Waals surface area (Å²) < 4.78 is 30.8. The molecule has 0 saturated heterocycles. The van der Waals surface area contributed by atoms with Crippen molar-refractivity contribution < 1.29 is 17.9 Å². The number of aromatic nitrogens is 1. The molecule has 1 heterocycles. The number of nitrogens with one attached hydrogen (secondary N) is 1. The Labute approximate surface area is 155 Å². The van der Waals surface area contributed by atoms with Crippen LogP contribution in [0, 0.1) is 0 Å². The van der Waals surface area contributed by atoms with E-state index in [0.29, 0.717) is 28.6 Å². The van der Waals surface area contributed by atoms with Gasteiger partial charge in [0.05, 0.1) is 17.1 Å². The number of thiazole rings is 1. The van der Waals surface area contributed by atoms with Gasteiger partial charge in [0, 0.05) is 0 Å². The number of sulfone groups is 1. The normalized spacial score (nSPS) is 11.4. The minimum atomic E-state index is -3.56. The zero-order valence-electron chi connectivity index (χ0n) is 14.1. The average molecular weight is 390 g/mol. The fourth-order valence-electron chi connectivity index (χ4n) is 2.48. The van der Waals surface area contributed by atoms with Crippen molar-refractivity contribution in [3.8, 4) is 5.75 Å². The lowest BCUT2D eigenvalue weighted by Gasteiger charge is -2.04. The molecule has 0 atom stereocenters. The first kappa shape index (κ1) is 18.3. The molecule has 6 nitrogen and oxygen atoms in total. The summed E-state index contributed by atoms with van der Waals surface area (Å²) in [5.74, 6) is -0.720. The number of amides is 1. The molecule has 0 bridgehead atoms. The first-order chi connectivity index (χ1) is 12.5. The Morgan fingerprint density at radius 3 is 2.65 bits per heavy atom. The van der Waals surface area contributed by atoms with Gasteiger partial charge in [-0.25, -0.2) is 13.4 Å². The SMILES string of the molecule is CCOc1cccc2sc(NC(=O)CS(=O)(=O)Cc3ccccc3)nc12. The molecule has 136 valence electrons. The van der Waals surface area contributed by atoms with Crippen molar-refractivity contribution in [2.45, 2.75) is 12.7 Å². The van der Waals surface area contributed by atoms with Crippen molar-refractivity contribution in [1.29, 1.82) is 0 Å². The largest absolute Gasteiger partial charge is 0.492 e. The zero-order valence-corrected chi connectivity index (χ0v) is 15.8. The number of benzene rings is 2. The number of nitrogens with zero attached hydrogens (tertiary/aromatic N) is 1. The molecule has 3 rings (SSSR count). The number of hydrogen-bond acceptors (Lipinski definition) is 6. The van der Waals surface area contributed by atoms with Crippen molar-refractivity contribution >= 4 is 42.4 Å². The van der Waals surface area contributed by atoms with Crippen molar-refractivity contribution in [2.24, 2.45) is 0 Å². The number of fused-ring (bicyclic) bond motifs is 1. The summed E-state index contributed by atoms with van der Waals surface area (Å²) in [6.45, 7) is 2.39. The van der Waals surface area contributed by atoms with Gasteiger partial charge in [0.2, 0.25) is 5.91 Å². The highest BCUT2D eigenvalue weighted by molar-refractivity contribution is 7.91. The Bertz CT molecular complexity index is 1010. The van der Waals surface area contributed by atoms with Gasteiger partial charge in [-0.15, -0.1) is 0 Å². The quantitative estimate of drug-likeness (QED) is 0.669. The molecule has 0 unspecified atom stereocenters. The summed E-state index contributed by atoms with van der Waals surface area (Å²) in [6, 6.07) is 14.3. The van der Waals surface area contributed by atoms with Gasteiger partial charge in [0.25, 0.3) is 0 Å². The molecule has 0 saturated carbocycles. The Morgan fingerprint density at radius 2 is 1.92 bits per heavy atom. The van der Waals surface area contributed by atoms with Gasteiger partial charge in [-0.05, 0) is 24.6 Å². The van der Waals surface area contributed by atoms with E-state index in [1.165, 1.54) is 11.3 Å². The third kappa shape index (κ3) is 4.59. The molecular weight excluding hydrogens is 372 g/mol. The minimum Gasteiger partial charge on any atom is -0.492 e. The molecule has 3 aromatic rings. The third-order valence-electron chi connectivity index (χ3n) is 3.51. The van der Waals surface area contributed by atoms with Gasteiger partial charge in [-0.1, -0.05) is 47.7 Å². The van der Waals surface area contributed by atoms with Crippen LogP contribution in [0.25, 0.3) is 10.2 Å². The summed E-state index contributed by atoms with van der Waals surface area (Å²) in [5, 5.41) is 2.93. The van der Waals surface area contributed by atoms with E-state index in [1.54, 1.807) is 24.3 Å². The second-order valence-electron chi connectivity index (χ2n) is 5.62. The summed E-state index contributed by atoms with van der Waals surface area (Å²) in [4.78, 5) is 16.5. The predicted octanol–water partition coefficient (Wildman–Crippen LogP) is 3.25. The van der Waals surface area contributed by atoms with Crippen LogP contribution in [0.15, 0.2) is 48.5 Å². The topological polar surface area (TPSA) is 85.4 Å². The van der Waals surface area contributed by atoms with Gasteiger partial charge in [0.1, 0.15) is 17.0 Å². The van der Waals surface area contributed by atoms with E-state index in [-0.39, 0.29) is 5.75 Å². The van der Waals surface area contributed by atoms with Crippen molar-refractivity contribution in [2.75, 3.05) is 17.7 Å². The van der Waals surface area contributed by atoms with Gasteiger partial charge >= 0.3 is 0 Å². The summed E-state index contributed by atoms with van der Waals surface area (Å²) in [5.41, 5.74) is 1.31. The number of carbonyl (C=O) groups is 1. The molecule has 1 N–H and O–H groups in total. The van der Waals surface area contributed by atoms with E-state index in [2.05, 4.69) is 10.3 Å². The fraction of sp³-hybridized carbons (Fsp3) is 0.222. The third-order valence-corrected chi connectivity index (χ3v) is 5.92. The zero-order chi connectivity index (χ0) is 18.6. The lowest BCUT2D eigenvalue weighted by atomic mass is 10.2. The lowest BCUT2D eigenvalue weighted by molar-refractivity contribution is -0.113. The molecule has 0 spiro atoms. The van der Waals surface area contributed by atoms with Crippen LogP contribution < -0.4 is 10.1 Å². The number of rotatable bonds is 7. The maximum atomic E-state index is 12.2. The molecule has 26 heavy (non-hydrogen) atoms. The second kappa shape index (κ2) is 7.84. The van der Waals surface area contributed by atoms with Crippen molar-refractivity contribution in [3.05, 3.63) is 54.1 Å². The molecule has 0 aliphatic rings. The molecule has 0 aliphatic heterocycles. The molecule has 2 aromatic carbocycles. The highest BCUT2D eigenvalue weighted by atomic mass is 32.2. The highest BCUT2D eigenvalue weighted by Gasteiger charge is 2.19. The van der Waals surface area contributed by atoms with Gasteiger partial charge in [0.15, 0.2) is 15.0 Å². The Morgan fingerprint density at radius 1 is 1.15 bits per heavy atom. The first-order valence-electron chi connectivity index (χ1n) is 8.03. The van der Waals surface area contributed by atoms with Crippen LogP contribution in [0.1, 0.15) is 12.5 Å². The number of carbonyl (C=O) groups excluding carboxylic acids is 1. The second-order valence-corrected chi connectivity index (χ2v) is 8.72. The van der Waals surface area contributed by atoms with Crippen molar-refractivity contribution in [1.82, 2.24) is 4.98 Å². The molecule has 0 fully saturated rings. The molecule has 1 amide bonds. The van der Waals surface area contributed by atoms with Crippen LogP contribution in [-0.4, -0.2) is 31.7 Å². The molecule has 1 aromatic heterocycles. The van der Waals surface area contributed by atoms with Gasteiger partial charge in [-0.2, -0.15) is 0 Å². The predicted molar refractivity (Wildman–Crippen MR) is 103 cm³/mol. The molecule has 0 radical (unpaired) electrons. The van der Waals surface area contributed by atoms with E-state index >= 15 is 0 Å². The average Bonchev–Trinajstić information content (AvgIpc) is 2.98.